The van der Waals surface area contributed by atoms with Crippen LogP contribution in [-0.4, -0.2) is 30.9 Å². The number of benzene rings is 1. The van der Waals surface area contributed by atoms with Crippen LogP contribution in [0.25, 0.3) is 0 Å². The van der Waals surface area contributed by atoms with Gasteiger partial charge in [-0.2, -0.15) is 0 Å². The second kappa shape index (κ2) is 5.37. The van der Waals surface area contributed by atoms with Crippen LogP contribution < -0.4 is 9.80 Å². The van der Waals surface area contributed by atoms with Gasteiger partial charge in [0.15, 0.2) is 6.04 Å². The van der Waals surface area contributed by atoms with Gasteiger partial charge in [0.2, 0.25) is 5.91 Å². The number of anilines is 1. The molecule has 3 rings (SSSR count). The van der Waals surface area contributed by atoms with Crippen LogP contribution >= 0.6 is 0 Å². The number of rotatable bonds is 2. The Hall–Kier alpha value is -1.68. The molecular formula is C16H21N2O2+. The molecule has 2 amide bonds. The number of amides is 2. The van der Waals surface area contributed by atoms with Crippen LogP contribution in [0.1, 0.15) is 26.2 Å². The lowest BCUT2D eigenvalue weighted by Crippen LogP contribution is -3.17. The number of carbonyl (C=O) groups excluding carboxylic acids is 2. The van der Waals surface area contributed by atoms with Crippen molar-refractivity contribution in [2.24, 2.45) is 5.92 Å². The molecule has 2 heterocycles. The molecule has 0 saturated carbocycles. The monoisotopic (exact) mass is 273 g/mol. The zero-order valence-corrected chi connectivity index (χ0v) is 11.8. The normalized spacial score (nSPS) is 30.9. The van der Waals surface area contributed by atoms with E-state index in [1.54, 1.807) is 0 Å². The summed E-state index contributed by atoms with van der Waals surface area (Å²) in [6.07, 6.45) is 2.66. The van der Waals surface area contributed by atoms with Crippen LogP contribution in [0.2, 0.25) is 0 Å². The van der Waals surface area contributed by atoms with Crippen molar-refractivity contribution in [1.29, 1.82) is 0 Å². The molecule has 4 heteroatoms. The van der Waals surface area contributed by atoms with E-state index in [4.69, 9.17) is 0 Å². The first-order chi connectivity index (χ1) is 9.66. The first-order valence-electron chi connectivity index (χ1n) is 7.43. The number of imide groups is 1. The standard InChI is InChI=1S/C16H20N2O2/c1-12-7-9-17(10-8-12)14-11-15(19)18(16(14)20)13-5-3-2-4-6-13/h2-6,12,14H,7-11H2,1H3/p+1. The fourth-order valence-corrected chi connectivity index (χ4v) is 3.28. The van der Waals surface area contributed by atoms with E-state index < -0.39 is 0 Å². The lowest BCUT2D eigenvalue weighted by atomic mass is 9.97. The molecule has 0 spiro atoms. The van der Waals surface area contributed by atoms with Crippen LogP contribution in [0, 0.1) is 5.92 Å². The van der Waals surface area contributed by atoms with E-state index in [1.807, 2.05) is 30.3 Å². The van der Waals surface area contributed by atoms with Crippen LogP contribution in [0.15, 0.2) is 30.3 Å². The second-order valence-corrected chi connectivity index (χ2v) is 6.00. The van der Waals surface area contributed by atoms with E-state index in [-0.39, 0.29) is 17.9 Å². The minimum atomic E-state index is -0.171. The SMILES string of the molecule is CC1CC[NH+](C2CC(=O)N(c3ccccc3)C2=O)CC1. The summed E-state index contributed by atoms with van der Waals surface area (Å²) in [5.41, 5.74) is 0.703. The van der Waals surface area contributed by atoms with Crippen molar-refractivity contribution in [1.82, 2.24) is 0 Å². The van der Waals surface area contributed by atoms with Crippen LogP contribution in [0.3, 0.4) is 0 Å². The molecule has 0 radical (unpaired) electrons. The molecule has 2 aliphatic heterocycles. The highest BCUT2D eigenvalue weighted by Gasteiger charge is 2.46. The van der Waals surface area contributed by atoms with Crippen molar-refractivity contribution in [3.05, 3.63) is 30.3 Å². The third-order valence-electron chi connectivity index (χ3n) is 4.57. The molecule has 2 fully saturated rings. The molecule has 1 N–H and O–H groups in total. The maximum Gasteiger partial charge on any atom is 0.292 e. The van der Waals surface area contributed by atoms with E-state index in [0.29, 0.717) is 12.1 Å². The molecule has 20 heavy (non-hydrogen) atoms. The number of nitrogens with zero attached hydrogens (tertiary/aromatic N) is 1. The number of piperidine rings is 1. The molecule has 2 saturated heterocycles. The van der Waals surface area contributed by atoms with E-state index in [1.165, 1.54) is 9.80 Å². The van der Waals surface area contributed by atoms with Gasteiger partial charge in [-0.1, -0.05) is 25.1 Å². The zero-order chi connectivity index (χ0) is 14.1. The number of likely N-dealkylation sites (tertiary alicyclic amines) is 1. The van der Waals surface area contributed by atoms with Gasteiger partial charge in [0, 0.05) is 0 Å². The summed E-state index contributed by atoms with van der Waals surface area (Å²) in [6.45, 7) is 4.27. The van der Waals surface area contributed by atoms with Crippen molar-refractivity contribution in [3.8, 4) is 0 Å². The Balaban J connectivity index is 1.77. The summed E-state index contributed by atoms with van der Waals surface area (Å²) in [5, 5.41) is 0. The summed E-state index contributed by atoms with van der Waals surface area (Å²) in [7, 11) is 0. The van der Waals surface area contributed by atoms with Crippen molar-refractivity contribution < 1.29 is 14.5 Å². The number of hydrogen-bond acceptors (Lipinski definition) is 2. The first-order valence-corrected chi connectivity index (χ1v) is 7.43. The summed E-state index contributed by atoms with van der Waals surface area (Å²) < 4.78 is 0. The van der Waals surface area contributed by atoms with Gasteiger partial charge < -0.3 is 4.90 Å². The highest BCUT2D eigenvalue weighted by Crippen LogP contribution is 2.21. The fraction of sp³-hybridized carbons (Fsp3) is 0.500. The fourth-order valence-electron chi connectivity index (χ4n) is 3.28. The predicted molar refractivity (Wildman–Crippen MR) is 76.4 cm³/mol. The van der Waals surface area contributed by atoms with Crippen LogP contribution in [0.4, 0.5) is 5.69 Å². The molecule has 1 atom stereocenters. The van der Waals surface area contributed by atoms with Gasteiger partial charge in [0.1, 0.15) is 0 Å². The molecule has 2 aliphatic rings. The van der Waals surface area contributed by atoms with Crippen LogP contribution in [0.5, 0.6) is 0 Å². The minimum absolute atomic E-state index is 0.0225. The Kier molecular flexibility index (Phi) is 3.57. The lowest BCUT2D eigenvalue weighted by Gasteiger charge is -2.30. The molecule has 4 nitrogen and oxygen atoms in total. The summed E-state index contributed by atoms with van der Waals surface area (Å²) >= 11 is 0. The van der Waals surface area contributed by atoms with Gasteiger partial charge in [0.05, 0.1) is 25.2 Å². The van der Waals surface area contributed by atoms with E-state index in [9.17, 15) is 9.59 Å². The third-order valence-corrected chi connectivity index (χ3v) is 4.57. The Morgan fingerprint density at radius 3 is 2.40 bits per heavy atom. The number of nitrogens with one attached hydrogen (secondary N) is 1. The molecule has 1 aromatic rings. The maximum absolute atomic E-state index is 12.6. The topological polar surface area (TPSA) is 41.8 Å². The van der Waals surface area contributed by atoms with Crippen molar-refractivity contribution in [2.45, 2.75) is 32.2 Å². The minimum Gasteiger partial charge on any atom is -0.324 e. The van der Waals surface area contributed by atoms with Gasteiger partial charge >= 0.3 is 0 Å². The third kappa shape index (κ3) is 2.36. The molecular weight excluding hydrogens is 252 g/mol. The van der Waals surface area contributed by atoms with Crippen molar-refractivity contribution >= 4 is 17.5 Å². The smallest absolute Gasteiger partial charge is 0.292 e. The Labute approximate surface area is 119 Å². The molecule has 1 unspecified atom stereocenters. The van der Waals surface area contributed by atoms with Gasteiger partial charge in [-0.3, -0.25) is 9.59 Å². The Morgan fingerprint density at radius 2 is 1.75 bits per heavy atom. The molecule has 0 aliphatic carbocycles. The number of hydrogen-bond donors (Lipinski definition) is 1. The Morgan fingerprint density at radius 1 is 1.10 bits per heavy atom. The highest BCUT2D eigenvalue weighted by molar-refractivity contribution is 6.21. The van der Waals surface area contributed by atoms with Gasteiger partial charge in [-0.25, -0.2) is 4.90 Å². The van der Waals surface area contributed by atoms with Gasteiger partial charge in [0.25, 0.3) is 5.91 Å². The van der Waals surface area contributed by atoms with Crippen LogP contribution in [-0.2, 0) is 9.59 Å². The van der Waals surface area contributed by atoms with Crippen molar-refractivity contribution in [3.63, 3.8) is 0 Å². The van der Waals surface area contributed by atoms with Crippen molar-refractivity contribution in [2.75, 3.05) is 18.0 Å². The second-order valence-electron chi connectivity index (χ2n) is 6.00. The Bertz CT molecular complexity index is 506. The molecule has 106 valence electrons. The molecule has 0 aromatic heterocycles. The summed E-state index contributed by atoms with van der Waals surface area (Å²) in [6, 6.07) is 9.09. The average Bonchev–Trinajstić information content (AvgIpc) is 2.76. The van der Waals surface area contributed by atoms with Gasteiger partial charge in [-0.15, -0.1) is 0 Å². The maximum atomic E-state index is 12.6. The number of quaternary nitrogens is 1. The number of para-hydroxylation sites is 1. The molecule has 1 aromatic carbocycles. The highest BCUT2D eigenvalue weighted by atomic mass is 16.2. The summed E-state index contributed by atoms with van der Waals surface area (Å²) in [5.74, 6) is 0.666. The van der Waals surface area contributed by atoms with E-state index >= 15 is 0 Å². The van der Waals surface area contributed by atoms with E-state index in [2.05, 4.69) is 6.92 Å². The van der Waals surface area contributed by atoms with Gasteiger partial charge in [-0.05, 0) is 30.9 Å². The average molecular weight is 273 g/mol. The quantitative estimate of drug-likeness (QED) is 0.803. The predicted octanol–water partition coefficient (Wildman–Crippen LogP) is 0.633. The zero-order valence-electron chi connectivity index (χ0n) is 11.8. The molecule has 0 bridgehead atoms. The number of carbonyl (C=O) groups is 2. The lowest BCUT2D eigenvalue weighted by molar-refractivity contribution is -0.920. The summed E-state index contributed by atoms with van der Waals surface area (Å²) in [4.78, 5) is 27.4. The van der Waals surface area contributed by atoms with E-state index in [0.717, 1.165) is 31.8 Å². The first kappa shape index (κ1) is 13.3. The largest absolute Gasteiger partial charge is 0.324 e.